The lowest BCUT2D eigenvalue weighted by Crippen LogP contribution is -2.33. The van der Waals surface area contributed by atoms with Crippen molar-refractivity contribution >= 4 is 5.69 Å². The lowest BCUT2D eigenvalue weighted by atomic mass is 10.2. The van der Waals surface area contributed by atoms with Crippen LogP contribution in [-0.2, 0) is 11.3 Å². The first-order chi connectivity index (χ1) is 9.81. The zero-order valence-corrected chi connectivity index (χ0v) is 11.1. The van der Waals surface area contributed by atoms with E-state index in [2.05, 4.69) is 0 Å². The van der Waals surface area contributed by atoms with Crippen molar-refractivity contribution in [1.29, 1.82) is 0 Å². The van der Waals surface area contributed by atoms with Gasteiger partial charge in [-0.25, -0.2) is 0 Å². The summed E-state index contributed by atoms with van der Waals surface area (Å²) in [6, 6.07) is 15.5. The number of nitrogens with two attached hydrogens (primary N) is 1. The van der Waals surface area contributed by atoms with Gasteiger partial charge >= 0.3 is 0 Å². The first-order valence-corrected chi connectivity index (χ1v) is 6.62. The average Bonchev–Trinajstić information content (AvgIpc) is 2.48. The van der Waals surface area contributed by atoms with Gasteiger partial charge in [0, 0.05) is 11.8 Å². The second kappa shape index (κ2) is 5.84. The summed E-state index contributed by atoms with van der Waals surface area (Å²) in [6.45, 7) is 1.55. The molecule has 2 aromatic carbocycles. The van der Waals surface area contributed by atoms with Gasteiger partial charge in [-0.2, -0.15) is 0 Å². The number of ether oxygens (including phenoxy) is 3. The Morgan fingerprint density at radius 3 is 2.80 bits per heavy atom. The normalized spacial score (nSPS) is 16.9. The van der Waals surface area contributed by atoms with Crippen molar-refractivity contribution in [3.8, 4) is 11.5 Å². The van der Waals surface area contributed by atoms with E-state index in [0.29, 0.717) is 31.3 Å². The Labute approximate surface area is 118 Å². The lowest BCUT2D eigenvalue weighted by molar-refractivity contribution is 0.00276. The summed E-state index contributed by atoms with van der Waals surface area (Å²) in [5.41, 5.74) is 7.52. The molecule has 104 valence electrons. The van der Waals surface area contributed by atoms with Gasteiger partial charge in [0.1, 0.15) is 6.61 Å². The van der Waals surface area contributed by atoms with Gasteiger partial charge in [0.25, 0.3) is 0 Å². The second-order valence-corrected chi connectivity index (χ2v) is 4.76. The van der Waals surface area contributed by atoms with E-state index in [-0.39, 0.29) is 6.10 Å². The molecule has 3 rings (SSSR count). The summed E-state index contributed by atoms with van der Waals surface area (Å²) in [7, 11) is 0. The second-order valence-electron chi connectivity index (χ2n) is 4.76. The van der Waals surface area contributed by atoms with Crippen molar-refractivity contribution in [2.24, 2.45) is 0 Å². The Kier molecular flexibility index (Phi) is 3.74. The van der Waals surface area contributed by atoms with Crippen LogP contribution in [0, 0.1) is 0 Å². The third-order valence-electron chi connectivity index (χ3n) is 3.10. The number of hydrogen-bond donors (Lipinski definition) is 1. The molecule has 1 heterocycles. The predicted octanol–water partition coefficient (Wildman–Crippen LogP) is 2.63. The first kappa shape index (κ1) is 12.8. The van der Waals surface area contributed by atoms with Gasteiger partial charge in [0.15, 0.2) is 17.6 Å². The van der Waals surface area contributed by atoms with Crippen LogP contribution in [0.5, 0.6) is 11.5 Å². The van der Waals surface area contributed by atoms with Crippen molar-refractivity contribution < 1.29 is 14.2 Å². The molecule has 0 fully saturated rings. The third kappa shape index (κ3) is 3.03. The highest BCUT2D eigenvalue weighted by Gasteiger charge is 2.21. The average molecular weight is 271 g/mol. The van der Waals surface area contributed by atoms with Crippen molar-refractivity contribution in [3.05, 3.63) is 54.1 Å². The SMILES string of the molecule is Nc1ccc2c(c1)OCC(COCc1ccccc1)O2. The highest BCUT2D eigenvalue weighted by Crippen LogP contribution is 2.33. The van der Waals surface area contributed by atoms with Gasteiger partial charge in [0.2, 0.25) is 0 Å². The molecule has 2 N–H and O–H groups in total. The van der Waals surface area contributed by atoms with E-state index in [1.165, 1.54) is 0 Å². The molecule has 0 radical (unpaired) electrons. The Bertz CT molecular complexity index is 571. The lowest BCUT2D eigenvalue weighted by Gasteiger charge is -2.26. The maximum atomic E-state index is 5.82. The summed E-state index contributed by atoms with van der Waals surface area (Å²) in [5, 5.41) is 0. The van der Waals surface area contributed by atoms with E-state index < -0.39 is 0 Å². The summed E-state index contributed by atoms with van der Waals surface area (Å²) in [4.78, 5) is 0. The van der Waals surface area contributed by atoms with Crippen molar-refractivity contribution in [2.75, 3.05) is 18.9 Å². The van der Waals surface area contributed by atoms with Crippen LogP contribution in [0.2, 0.25) is 0 Å². The summed E-state index contributed by atoms with van der Waals surface area (Å²) in [6.07, 6.45) is -0.0881. The van der Waals surface area contributed by atoms with Gasteiger partial charge < -0.3 is 19.9 Å². The molecule has 0 saturated heterocycles. The van der Waals surface area contributed by atoms with Gasteiger partial charge in [0.05, 0.1) is 13.2 Å². The molecule has 0 amide bonds. The topological polar surface area (TPSA) is 53.7 Å². The molecule has 0 bridgehead atoms. The Balaban J connectivity index is 1.52. The molecule has 0 spiro atoms. The van der Waals surface area contributed by atoms with Crippen LogP contribution in [0.4, 0.5) is 5.69 Å². The number of benzene rings is 2. The maximum absolute atomic E-state index is 5.82. The molecule has 0 aliphatic carbocycles. The van der Waals surface area contributed by atoms with Gasteiger partial charge in [-0.05, 0) is 17.7 Å². The smallest absolute Gasteiger partial charge is 0.163 e. The van der Waals surface area contributed by atoms with E-state index in [4.69, 9.17) is 19.9 Å². The minimum absolute atomic E-state index is 0.0881. The van der Waals surface area contributed by atoms with Crippen molar-refractivity contribution in [1.82, 2.24) is 0 Å². The van der Waals surface area contributed by atoms with Crippen molar-refractivity contribution in [3.63, 3.8) is 0 Å². The Morgan fingerprint density at radius 1 is 1.10 bits per heavy atom. The minimum Gasteiger partial charge on any atom is -0.486 e. The molecular formula is C16H17NO3. The number of fused-ring (bicyclic) bond motifs is 1. The molecule has 1 aliphatic rings. The van der Waals surface area contributed by atoms with Crippen LogP contribution in [0.3, 0.4) is 0 Å². The fourth-order valence-electron chi connectivity index (χ4n) is 2.10. The van der Waals surface area contributed by atoms with E-state index in [0.717, 1.165) is 11.3 Å². The summed E-state index contributed by atoms with van der Waals surface area (Å²) >= 11 is 0. The number of anilines is 1. The standard InChI is InChI=1S/C16H17NO3/c17-13-6-7-15-16(8-13)19-11-14(20-15)10-18-9-12-4-2-1-3-5-12/h1-8,14H,9-11,17H2. The summed E-state index contributed by atoms with van der Waals surface area (Å²) < 4.78 is 17.1. The molecular weight excluding hydrogens is 254 g/mol. The van der Waals surface area contributed by atoms with E-state index in [9.17, 15) is 0 Å². The van der Waals surface area contributed by atoms with E-state index in [1.54, 1.807) is 12.1 Å². The molecule has 1 atom stereocenters. The number of nitrogen functional groups attached to an aromatic ring is 1. The first-order valence-electron chi connectivity index (χ1n) is 6.62. The predicted molar refractivity (Wildman–Crippen MR) is 76.9 cm³/mol. The zero-order valence-electron chi connectivity index (χ0n) is 11.1. The van der Waals surface area contributed by atoms with Crippen LogP contribution >= 0.6 is 0 Å². The Morgan fingerprint density at radius 2 is 1.95 bits per heavy atom. The highest BCUT2D eigenvalue weighted by atomic mass is 16.6. The fraction of sp³-hybridized carbons (Fsp3) is 0.250. The summed E-state index contributed by atoms with van der Waals surface area (Å²) in [5.74, 6) is 1.42. The number of hydrogen-bond acceptors (Lipinski definition) is 4. The van der Waals surface area contributed by atoms with Crippen molar-refractivity contribution in [2.45, 2.75) is 12.7 Å². The quantitative estimate of drug-likeness (QED) is 0.868. The maximum Gasteiger partial charge on any atom is 0.163 e. The monoisotopic (exact) mass is 271 g/mol. The van der Waals surface area contributed by atoms with Crippen LogP contribution < -0.4 is 15.2 Å². The largest absolute Gasteiger partial charge is 0.486 e. The molecule has 1 aliphatic heterocycles. The Hall–Kier alpha value is -2.20. The van der Waals surface area contributed by atoms with Crippen LogP contribution in [0.1, 0.15) is 5.56 Å². The molecule has 4 nitrogen and oxygen atoms in total. The fourth-order valence-corrected chi connectivity index (χ4v) is 2.10. The molecule has 0 saturated carbocycles. The van der Waals surface area contributed by atoms with E-state index >= 15 is 0 Å². The van der Waals surface area contributed by atoms with Gasteiger partial charge in [-0.1, -0.05) is 30.3 Å². The van der Waals surface area contributed by atoms with Crippen LogP contribution in [0.25, 0.3) is 0 Å². The van der Waals surface area contributed by atoms with Crippen LogP contribution in [0.15, 0.2) is 48.5 Å². The van der Waals surface area contributed by atoms with Gasteiger partial charge in [-0.15, -0.1) is 0 Å². The molecule has 2 aromatic rings. The molecule has 20 heavy (non-hydrogen) atoms. The van der Waals surface area contributed by atoms with Crippen LogP contribution in [-0.4, -0.2) is 19.3 Å². The number of rotatable bonds is 4. The third-order valence-corrected chi connectivity index (χ3v) is 3.10. The molecule has 1 unspecified atom stereocenters. The molecule has 4 heteroatoms. The minimum atomic E-state index is -0.0881. The van der Waals surface area contributed by atoms with Gasteiger partial charge in [-0.3, -0.25) is 0 Å². The van der Waals surface area contributed by atoms with E-state index in [1.807, 2.05) is 36.4 Å². The highest BCUT2D eigenvalue weighted by molar-refractivity contribution is 5.52. The zero-order chi connectivity index (χ0) is 13.8. The molecule has 0 aromatic heterocycles.